The molecular weight excluding hydrogens is 344 g/mol. The van der Waals surface area contributed by atoms with Gasteiger partial charge in [-0.3, -0.25) is 0 Å². The highest BCUT2D eigenvalue weighted by Crippen LogP contribution is 2.49. The summed E-state index contributed by atoms with van der Waals surface area (Å²) in [4.78, 5) is 25.9. The summed E-state index contributed by atoms with van der Waals surface area (Å²) in [6, 6.07) is 9.83. The maximum Gasteiger partial charge on any atom is 0.410 e. The monoisotopic (exact) mass is 374 g/mol. The molecule has 6 heteroatoms. The Morgan fingerprint density at radius 3 is 2.37 bits per heavy atom. The zero-order chi connectivity index (χ0) is 19.5. The third kappa shape index (κ3) is 5.37. The van der Waals surface area contributed by atoms with Crippen molar-refractivity contribution in [3.63, 3.8) is 0 Å². The van der Waals surface area contributed by atoms with E-state index in [-0.39, 0.29) is 30.3 Å². The van der Waals surface area contributed by atoms with Gasteiger partial charge in [0.25, 0.3) is 0 Å². The lowest BCUT2D eigenvalue weighted by atomic mass is 9.60. The molecule has 1 heterocycles. The van der Waals surface area contributed by atoms with Gasteiger partial charge in [0.05, 0.1) is 0 Å². The molecule has 3 rings (SSSR count). The number of benzene rings is 1. The molecule has 27 heavy (non-hydrogen) atoms. The average molecular weight is 374 g/mol. The second-order valence-corrected chi connectivity index (χ2v) is 8.78. The van der Waals surface area contributed by atoms with Gasteiger partial charge in [0, 0.05) is 19.1 Å². The number of alkyl carbamates (subject to hydrolysis) is 1. The third-order valence-electron chi connectivity index (χ3n) is 5.37. The van der Waals surface area contributed by atoms with E-state index in [1.54, 1.807) is 4.90 Å². The summed E-state index contributed by atoms with van der Waals surface area (Å²) in [5.41, 5.74) is 0.764. The smallest absolute Gasteiger partial charge is 0.410 e. The SMILES string of the molecule is CC(C)(C)OC(=O)N1CCC2(CC1)CC(NC(=O)OCc1ccccc1)C2. The van der Waals surface area contributed by atoms with Crippen molar-refractivity contribution in [2.75, 3.05) is 13.1 Å². The first-order chi connectivity index (χ1) is 12.7. The van der Waals surface area contributed by atoms with E-state index in [0.29, 0.717) is 0 Å². The predicted molar refractivity (Wildman–Crippen MR) is 102 cm³/mol. The average Bonchev–Trinajstić information content (AvgIpc) is 2.58. The molecule has 1 saturated carbocycles. The number of rotatable bonds is 3. The number of amides is 2. The summed E-state index contributed by atoms with van der Waals surface area (Å²) in [5, 5.41) is 2.96. The van der Waals surface area contributed by atoms with Crippen LogP contribution < -0.4 is 5.32 Å². The summed E-state index contributed by atoms with van der Waals surface area (Å²) >= 11 is 0. The molecule has 1 aromatic carbocycles. The first-order valence-electron chi connectivity index (χ1n) is 9.70. The largest absolute Gasteiger partial charge is 0.445 e. The van der Waals surface area contributed by atoms with Crippen LogP contribution in [0, 0.1) is 5.41 Å². The number of carbonyl (C=O) groups excluding carboxylic acids is 2. The molecule has 2 aliphatic rings. The minimum Gasteiger partial charge on any atom is -0.445 e. The molecule has 1 aromatic rings. The molecule has 0 aromatic heterocycles. The van der Waals surface area contributed by atoms with Crippen molar-refractivity contribution in [1.29, 1.82) is 0 Å². The quantitative estimate of drug-likeness (QED) is 0.865. The molecule has 6 nitrogen and oxygen atoms in total. The van der Waals surface area contributed by atoms with Gasteiger partial charge >= 0.3 is 12.2 Å². The van der Waals surface area contributed by atoms with Crippen LogP contribution in [0.15, 0.2) is 30.3 Å². The molecule has 1 aliphatic heterocycles. The molecule has 1 saturated heterocycles. The van der Waals surface area contributed by atoms with Crippen LogP contribution in [-0.2, 0) is 16.1 Å². The first-order valence-corrected chi connectivity index (χ1v) is 9.70. The van der Waals surface area contributed by atoms with Gasteiger partial charge < -0.3 is 19.7 Å². The Kier molecular flexibility index (Phi) is 5.63. The lowest BCUT2D eigenvalue weighted by Crippen LogP contribution is -2.55. The Bertz CT molecular complexity index is 653. The zero-order valence-electron chi connectivity index (χ0n) is 16.5. The number of hydrogen-bond donors (Lipinski definition) is 1. The molecule has 2 amide bonds. The Morgan fingerprint density at radius 2 is 1.78 bits per heavy atom. The van der Waals surface area contributed by atoms with Crippen molar-refractivity contribution < 1.29 is 19.1 Å². The minimum absolute atomic E-state index is 0.168. The predicted octanol–water partition coefficient (Wildman–Crippen LogP) is 4.09. The van der Waals surface area contributed by atoms with Crippen molar-refractivity contribution in [1.82, 2.24) is 10.2 Å². The molecule has 2 fully saturated rings. The second-order valence-electron chi connectivity index (χ2n) is 8.78. The van der Waals surface area contributed by atoms with Gasteiger partial charge in [-0.2, -0.15) is 0 Å². The van der Waals surface area contributed by atoms with Gasteiger partial charge in [-0.15, -0.1) is 0 Å². The van der Waals surface area contributed by atoms with Crippen LogP contribution in [0.3, 0.4) is 0 Å². The number of hydrogen-bond acceptors (Lipinski definition) is 4. The van der Waals surface area contributed by atoms with Crippen molar-refractivity contribution >= 4 is 12.2 Å². The van der Waals surface area contributed by atoms with Gasteiger partial charge in [-0.1, -0.05) is 30.3 Å². The van der Waals surface area contributed by atoms with Gasteiger partial charge in [0.15, 0.2) is 0 Å². The lowest BCUT2D eigenvalue weighted by molar-refractivity contribution is -0.0160. The van der Waals surface area contributed by atoms with E-state index in [0.717, 1.165) is 44.3 Å². The highest BCUT2D eigenvalue weighted by Gasteiger charge is 2.47. The van der Waals surface area contributed by atoms with Crippen molar-refractivity contribution in [3.05, 3.63) is 35.9 Å². The molecule has 0 atom stereocenters. The summed E-state index contributed by atoms with van der Waals surface area (Å²) in [7, 11) is 0. The van der Waals surface area contributed by atoms with E-state index in [2.05, 4.69) is 5.32 Å². The van der Waals surface area contributed by atoms with E-state index in [1.807, 2.05) is 51.1 Å². The standard InChI is InChI=1S/C21H30N2O4/c1-20(2,3)27-19(25)23-11-9-21(10-12-23)13-17(14-21)22-18(24)26-15-16-7-5-4-6-8-16/h4-8,17H,9-15H2,1-3H3,(H,22,24). The number of nitrogens with zero attached hydrogens (tertiary/aromatic N) is 1. The molecule has 0 unspecified atom stereocenters. The van der Waals surface area contributed by atoms with E-state index in [1.165, 1.54) is 0 Å². The maximum absolute atomic E-state index is 12.2. The molecule has 148 valence electrons. The van der Waals surface area contributed by atoms with Gasteiger partial charge in [0.2, 0.25) is 0 Å². The van der Waals surface area contributed by atoms with Crippen molar-refractivity contribution in [3.8, 4) is 0 Å². The normalized spacial score (nSPS) is 19.3. The molecule has 1 N–H and O–H groups in total. The number of carbonyl (C=O) groups is 2. The maximum atomic E-state index is 12.2. The number of ether oxygens (including phenoxy) is 2. The molecule has 1 aliphatic carbocycles. The zero-order valence-corrected chi connectivity index (χ0v) is 16.5. The highest BCUT2D eigenvalue weighted by molar-refractivity contribution is 5.68. The fourth-order valence-corrected chi connectivity index (χ4v) is 3.92. The van der Waals surface area contributed by atoms with E-state index < -0.39 is 5.60 Å². The molecule has 1 spiro atoms. The fraction of sp³-hybridized carbons (Fsp3) is 0.619. The van der Waals surface area contributed by atoms with Crippen LogP contribution in [-0.4, -0.2) is 41.8 Å². The van der Waals surface area contributed by atoms with Crippen LogP contribution in [0.25, 0.3) is 0 Å². The van der Waals surface area contributed by atoms with Crippen LogP contribution >= 0.6 is 0 Å². The van der Waals surface area contributed by atoms with E-state index in [9.17, 15) is 9.59 Å². The third-order valence-corrected chi connectivity index (χ3v) is 5.37. The summed E-state index contributed by atoms with van der Waals surface area (Å²) < 4.78 is 10.7. The van der Waals surface area contributed by atoms with Crippen LogP contribution in [0.1, 0.15) is 52.0 Å². The van der Waals surface area contributed by atoms with E-state index >= 15 is 0 Å². The summed E-state index contributed by atoms with van der Waals surface area (Å²) in [5.74, 6) is 0. The molecule has 0 radical (unpaired) electrons. The topological polar surface area (TPSA) is 67.9 Å². The number of piperidine rings is 1. The first kappa shape index (κ1) is 19.5. The Hall–Kier alpha value is -2.24. The Labute approximate surface area is 161 Å². The Balaban J connectivity index is 1.36. The van der Waals surface area contributed by atoms with Crippen LogP contribution in [0.4, 0.5) is 9.59 Å². The fourth-order valence-electron chi connectivity index (χ4n) is 3.92. The summed E-state index contributed by atoms with van der Waals surface area (Å²) in [6.07, 6.45) is 3.25. The highest BCUT2D eigenvalue weighted by atomic mass is 16.6. The van der Waals surface area contributed by atoms with Gasteiger partial charge in [-0.25, -0.2) is 9.59 Å². The van der Waals surface area contributed by atoms with Crippen molar-refractivity contribution in [2.45, 2.75) is 64.7 Å². The van der Waals surface area contributed by atoms with Crippen molar-refractivity contribution in [2.24, 2.45) is 5.41 Å². The van der Waals surface area contributed by atoms with Crippen LogP contribution in [0.2, 0.25) is 0 Å². The molecular formula is C21H30N2O4. The Morgan fingerprint density at radius 1 is 1.15 bits per heavy atom. The lowest BCUT2D eigenvalue weighted by Gasteiger charge is -2.52. The van der Waals surface area contributed by atoms with E-state index in [4.69, 9.17) is 9.47 Å². The number of nitrogens with one attached hydrogen (secondary N) is 1. The molecule has 0 bridgehead atoms. The van der Waals surface area contributed by atoms with Crippen LogP contribution in [0.5, 0.6) is 0 Å². The second kappa shape index (κ2) is 7.79. The van der Waals surface area contributed by atoms with Gasteiger partial charge in [0.1, 0.15) is 12.2 Å². The van der Waals surface area contributed by atoms with Gasteiger partial charge in [-0.05, 0) is 57.4 Å². The minimum atomic E-state index is -0.461. The summed E-state index contributed by atoms with van der Waals surface area (Å²) in [6.45, 7) is 7.38. The number of likely N-dealkylation sites (tertiary alicyclic amines) is 1.